The molecule has 0 aromatic heterocycles. The Hall–Kier alpha value is -1.68. The molecule has 0 spiro atoms. The monoisotopic (exact) mass is 209 g/mol. The lowest BCUT2D eigenvalue weighted by atomic mass is 10.1. The maximum atomic E-state index is 9.39. The van der Waals surface area contributed by atoms with Gasteiger partial charge in [-0.2, -0.15) is 0 Å². The van der Waals surface area contributed by atoms with Gasteiger partial charge in [0.25, 0.3) is 0 Å². The number of aromatic hydroxyl groups is 2. The van der Waals surface area contributed by atoms with Crippen molar-refractivity contribution in [2.45, 2.75) is 0 Å². The molecule has 0 saturated heterocycles. The Morgan fingerprint density at radius 2 is 2.13 bits per heavy atom. The average molecular weight is 209 g/mol. The van der Waals surface area contributed by atoms with E-state index < -0.39 is 0 Å². The highest BCUT2D eigenvalue weighted by Gasteiger charge is 2.07. The summed E-state index contributed by atoms with van der Waals surface area (Å²) in [5, 5.41) is 21.7. The Morgan fingerprint density at radius 1 is 1.40 bits per heavy atom. The van der Waals surface area contributed by atoms with Crippen molar-refractivity contribution in [2.75, 3.05) is 20.7 Å². The molecular formula is C11H15NO3. The molecule has 4 nitrogen and oxygen atoms in total. The molecule has 0 aliphatic rings. The van der Waals surface area contributed by atoms with Gasteiger partial charge < -0.3 is 20.3 Å². The largest absolute Gasteiger partial charge is 0.504 e. The van der Waals surface area contributed by atoms with Crippen molar-refractivity contribution < 1.29 is 14.9 Å². The minimum Gasteiger partial charge on any atom is -0.504 e. The van der Waals surface area contributed by atoms with Gasteiger partial charge in [0.2, 0.25) is 5.75 Å². The smallest absolute Gasteiger partial charge is 0.200 e. The fourth-order valence-corrected chi connectivity index (χ4v) is 1.18. The number of likely N-dealkylation sites (N-methyl/N-ethyl adjacent to an activating group) is 1. The summed E-state index contributed by atoms with van der Waals surface area (Å²) in [6, 6.07) is 3.13. The van der Waals surface area contributed by atoms with Gasteiger partial charge in [-0.05, 0) is 24.7 Å². The number of rotatable bonds is 4. The molecule has 1 aromatic carbocycles. The number of phenolic OH excluding ortho intramolecular Hbond substituents is 2. The molecule has 0 radical (unpaired) electrons. The van der Waals surface area contributed by atoms with Crippen molar-refractivity contribution in [3.63, 3.8) is 0 Å². The SMILES string of the molecule is CNCC=Cc1cc(O)c(O)c(OC)c1. The van der Waals surface area contributed by atoms with E-state index in [1.807, 2.05) is 19.2 Å². The van der Waals surface area contributed by atoms with Crippen LogP contribution in [0.3, 0.4) is 0 Å². The highest BCUT2D eigenvalue weighted by molar-refractivity contribution is 5.61. The van der Waals surface area contributed by atoms with Crippen LogP contribution < -0.4 is 10.1 Å². The van der Waals surface area contributed by atoms with Gasteiger partial charge >= 0.3 is 0 Å². The van der Waals surface area contributed by atoms with E-state index in [9.17, 15) is 10.2 Å². The van der Waals surface area contributed by atoms with Gasteiger partial charge in [-0.25, -0.2) is 0 Å². The molecule has 3 N–H and O–H groups in total. The Morgan fingerprint density at radius 3 is 2.73 bits per heavy atom. The second kappa shape index (κ2) is 5.26. The van der Waals surface area contributed by atoms with Crippen molar-refractivity contribution in [3.05, 3.63) is 23.8 Å². The van der Waals surface area contributed by atoms with Gasteiger partial charge in [0.15, 0.2) is 11.5 Å². The Labute approximate surface area is 88.8 Å². The first-order valence-corrected chi connectivity index (χ1v) is 4.60. The van der Waals surface area contributed by atoms with E-state index in [1.165, 1.54) is 13.2 Å². The maximum absolute atomic E-state index is 9.39. The quantitative estimate of drug-likeness (QED) is 0.655. The van der Waals surface area contributed by atoms with Crippen LogP contribution in [0.25, 0.3) is 6.08 Å². The van der Waals surface area contributed by atoms with E-state index in [4.69, 9.17) is 4.74 Å². The molecule has 82 valence electrons. The summed E-state index contributed by atoms with van der Waals surface area (Å²) >= 11 is 0. The van der Waals surface area contributed by atoms with E-state index in [-0.39, 0.29) is 17.2 Å². The number of phenols is 2. The van der Waals surface area contributed by atoms with Crippen LogP contribution >= 0.6 is 0 Å². The standard InChI is InChI=1S/C11H15NO3/c1-12-5-3-4-8-6-9(13)11(14)10(7-8)15-2/h3-4,6-7,12-14H,5H2,1-2H3. The lowest BCUT2D eigenvalue weighted by molar-refractivity contribution is 0.351. The van der Waals surface area contributed by atoms with Crippen LogP contribution in [0.1, 0.15) is 5.56 Å². The van der Waals surface area contributed by atoms with Gasteiger partial charge in [-0.15, -0.1) is 0 Å². The van der Waals surface area contributed by atoms with Gasteiger partial charge in [-0.3, -0.25) is 0 Å². The third-order valence-electron chi connectivity index (χ3n) is 1.93. The normalized spacial score (nSPS) is 10.8. The van der Waals surface area contributed by atoms with Crippen LogP contribution in [0.2, 0.25) is 0 Å². The first-order chi connectivity index (χ1) is 7.19. The molecule has 0 unspecified atom stereocenters. The molecular weight excluding hydrogens is 194 g/mol. The van der Waals surface area contributed by atoms with E-state index in [0.717, 1.165) is 12.1 Å². The molecule has 0 saturated carbocycles. The van der Waals surface area contributed by atoms with Crippen LogP contribution in [0, 0.1) is 0 Å². The van der Waals surface area contributed by atoms with Gasteiger partial charge in [0, 0.05) is 6.54 Å². The zero-order valence-corrected chi connectivity index (χ0v) is 8.82. The molecule has 0 fully saturated rings. The minimum atomic E-state index is -0.233. The van der Waals surface area contributed by atoms with Crippen molar-refractivity contribution in [1.82, 2.24) is 5.32 Å². The predicted octanol–water partition coefficient (Wildman–Crippen LogP) is 1.34. The number of hydrogen-bond donors (Lipinski definition) is 3. The van der Waals surface area contributed by atoms with E-state index in [0.29, 0.717) is 0 Å². The third-order valence-corrected chi connectivity index (χ3v) is 1.93. The van der Waals surface area contributed by atoms with Crippen molar-refractivity contribution in [1.29, 1.82) is 0 Å². The molecule has 0 amide bonds. The van der Waals surface area contributed by atoms with Crippen LogP contribution in [0.4, 0.5) is 0 Å². The zero-order chi connectivity index (χ0) is 11.3. The topological polar surface area (TPSA) is 61.7 Å². The van der Waals surface area contributed by atoms with Crippen molar-refractivity contribution in [3.8, 4) is 17.2 Å². The Bertz CT molecular complexity index is 361. The van der Waals surface area contributed by atoms with E-state index in [2.05, 4.69) is 5.32 Å². The number of methoxy groups -OCH3 is 1. The fraction of sp³-hybridized carbons (Fsp3) is 0.273. The van der Waals surface area contributed by atoms with Crippen LogP contribution in [0.5, 0.6) is 17.2 Å². The first kappa shape index (κ1) is 11.4. The van der Waals surface area contributed by atoms with Crippen LogP contribution in [-0.2, 0) is 0 Å². The van der Waals surface area contributed by atoms with Gasteiger partial charge in [-0.1, -0.05) is 12.2 Å². The molecule has 0 heterocycles. The third kappa shape index (κ3) is 2.89. The molecule has 1 rings (SSSR count). The summed E-state index contributed by atoms with van der Waals surface area (Å²) in [7, 11) is 3.29. The van der Waals surface area contributed by atoms with Gasteiger partial charge in [0.1, 0.15) is 0 Å². The minimum absolute atomic E-state index is 0.182. The molecule has 15 heavy (non-hydrogen) atoms. The highest BCUT2D eigenvalue weighted by atomic mass is 16.5. The summed E-state index contributed by atoms with van der Waals surface area (Å²) in [5.41, 5.74) is 0.775. The summed E-state index contributed by atoms with van der Waals surface area (Å²) in [6.07, 6.45) is 3.74. The number of benzene rings is 1. The predicted molar refractivity (Wildman–Crippen MR) is 59.3 cm³/mol. The number of nitrogens with one attached hydrogen (secondary N) is 1. The molecule has 0 aliphatic heterocycles. The number of ether oxygens (including phenoxy) is 1. The Balaban J connectivity index is 2.95. The molecule has 0 aliphatic carbocycles. The lowest BCUT2D eigenvalue weighted by Gasteiger charge is -2.06. The zero-order valence-electron chi connectivity index (χ0n) is 8.82. The van der Waals surface area contributed by atoms with Crippen molar-refractivity contribution in [2.24, 2.45) is 0 Å². The molecule has 4 heteroatoms. The second-order valence-electron chi connectivity index (χ2n) is 3.05. The average Bonchev–Trinajstić information content (AvgIpc) is 2.23. The lowest BCUT2D eigenvalue weighted by Crippen LogP contribution is -2.03. The summed E-state index contributed by atoms with van der Waals surface area (Å²) < 4.78 is 4.91. The number of hydrogen-bond acceptors (Lipinski definition) is 4. The van der Waals surface area contributed by atoms with E-state index in [1.54, 1.807) is 6.07 Å². The fourth-order valence-electron chi connectivity index (χ4n) is 1.18. The Kier molecular flexibility index (Phi) is 4.00. The van der Waals surface area contributed by atoms with Crippen LogP contribution in [0.15, 0.2) is 18.2 Å². The maximum Gasteiger partial charge on any atom is 0.200 e. The van der Waals surface area contributed by atoms with Crippen LogP contribution in [-0.4, -0.2) is 30.9 Å². The highest BCUT2D eigenvalue weighted by Crippen LogP contribution is 2.36. The second-order valence-corrected chi connectivity index (χ2v) is 3.05. The summed E-state index contributed by atoms with van der Waals surface area (Å²) in [6.45, 7) is 0.740. The van der Waals surface area contributed by atoms with E-state index >= 15 is 0 Å². The summed E-state index contributed by atoms with van der Waals surface area (Å²) in [5.74, 6) is -0.152. The molecule has 1 aromatic rings. The van der Waals surface area contributed by atoms with Crippen molar-refractivity contribution >= 4 is 6.08 Å². The summed E-state index contributed by atoms with van der Waals surface area (Å²) in [4.78, 5) is 0. The van der Waals surface area contributed by atoms with Gasteiger partial charge in [0.05, 0.1) is 7.11 Å². The first-order valence-electron chi connectivity index (χ1n) is 4.60. The molecule has 0 atom stereocenters. The molecule has 0 bridgehead atoms.